The fourth-order valence-electron chi connectivity index (χ4n) is 8.95. The molecule has 0 amide bonds. The molecule has 0 fully saturated rings. The van der Waals surface area contributed by atoms with Crippen LogP contribution in [-0.4, -0.2) is 29.9 Å². The summed E-state index contributed by atoms with van der Waals surface area (Å²) in [5, 5.41) is 0. The molecular weight excluding hydrogens is 795 g/mol. The number of fused-ring (bicyclic) bond motifs is 3. The van der Waals surface area contributed by atoms with E-state index in [0.29, 0.717) is 23.2 Å². The van der Waals surface area contributed by atoms with Crippen LogP contribution in [0.1, 0.15) is 25.0 Å². The Hall–Kier alpha value is -8.73. The Bertz CT molecular complexity index is 3380. The molecule has 0 unspecified atom stereocenters. The number of rotatable bonds is 8. The van der Waals surface area contributed by atoms with Crippen molar-refractivity contribution < 1.29 is 0 Å². The zero-order chi connectivity index (χ0) is 43.9. The lowest BCUT2D eigenvalue weighted by atomic mass is 9.81. The Kier molecular flexibility index (Phi) is 9.75. The van der Waals surface area contributed by atoms with Gasteiger partial charge in [0.2, 0.25) is 0 Å². The topological polar surface area (TPSA) is 81.7 Å². The third-order valence-electron chi connectivity index (χ3n) is 12.3. The second-order valence-electron chi connectivity index (χ2n) is 16.7. The first kappa shape index (κ1) is 39.1. The molecule has 7 heteroatoms. The fraction of sp³-hybridized carbons (Fsp3) is 0.0517. The van der Waals surface area contributed by atoms with Crippen LogP contribution in [0.25, 0.3) is 106 Å². The third-order valence-corrected chi connectivity index (χ3v) is 12.3. The molecule has 6 aromatic carbocycles. The summed E-state index contributed by atoms with van der Waals surface area (Å²) in [5.41, 5.74) is 17.1. The minimum absolute atomic E-state index is 0.312. The summed E-state index contributed by atoms with van der Waals surface area (Å²) in [6, 6.07) is 60.3. The van der Waals surface area contributed by atoms with Gasteiger partial charge in [-0.25, -0.2) is 24.8 Å². The van der Waals surface area contributed by atoms with Crippen molar-refractivity contribution in [2.24, 2.45) is 0 Å². The summed E-state index contributed by atoms with van der Waals surface area (Å²) < 4.78 is 0. The molecule has 1 aliphatic carbocycles. The highest BCUT2D eigenvalue weighted by Crippen LogP contribution is 2.53. The zero-order valence-electron chi connectivity index (χ0n) is 35.7. The van der Waals surface area contributed by atoms with Crippen LogP contribution in [0.15, 0.2) is 201 Å². The largest absolute Gasteiger partial charge is 0.264 e. The summed E-state index contributed by atoms with van der Waals surface area (Å²) in [5.74, 6) is 1.71. The van der Waals surface area contributed by atoms with E-state index in [0.717, 1.165) is 89.3 Å². The van der Waals surface area contributed by atoms with Crippen LogP contribution in [0, 0.1) is 6.57 Å². The Morgan fingerprint density at radius 3 is 1.48 bits per heavy atom. The van der Waals surface area contributed by atoms with Crippen molar-refractivity contribution in [3.8, 4) is 101 Å². The first-order valence-corrected chi connectivity index (χ1v) is 21.5. The van der Waals surface area contributed by atoms with Crippen molar-refractivity contribution in [2.75, 3.05) is 0 Å². The predicted molar refractivity (Wildman–Crippen MR) is 261 cm³/mol. The maximum Gasteiger partial charge on any atom is 0.195 e. The van der Waals surface area contributed by atoms with E-state index in [1.54, 1.807) is 12.4 Å². The lowest BCUT2D eigenvalue weighted by Gasteiger charge is -2.22. The van der Waals surface area contributed by atoms with Gasteiger partial charge in [-0.2, -0.15) is 0 Å². The number of aromatic nitrogens is 6. The molecule has 11 rings (SSSR count). The Morgan fingerprint density at radius 1 is 0.385 bits per heavy atom. The molecule has 4 heterocycles. The zero-order valence-corrected chi connectivity index (χ0v) is 35.7. The molecule has 0 spiro atoms. The maximum atomic E-state index is 7.99. The summed E-state index contributed by atoms with van der Waals surface area (Å²) >= 11 is 0. The van der Waals surface area contributed by atoms with Gasteiger partial charge in [-0.05, 0) is 116 Å². The van der Waals surface area contributed by atoms with E-state index < -0.39 is 0 Å². The van der Waals surface area contributed by atoms with E-state index in [4.69, 9.17) is 26.5 Å². The average molecular weight is 834 g/mol. The van der Waals surface area contributed by atoms with Gasteiger partial charge in [0.1, 0.15) is 0 Å². The first-order valence-electron chi connectivity index (χ1n) is 21.5. The molecule has 65 heavy (non-hydrogen) atoms. The molecular formula is C58H39N7. The highest BCUT2D eigenvalue weighted by atomic mass is 15.0. The molecule has 0 saturated heterocycles. The maximum absolute atomic E-state index is 7.99. The molecule has 0 aliphatic heterocycles. The van der Waals surface area contributed by atoms with E-state index in [-0.39, 0.29) is 5.41 Å². The van der Waals surface area contributed by atoms with E-state index in [1.165, 1.54) is 5.56 Å². The number of nitrogens with zero attached hydrogens (tertiary/aromatic N) is 7. The lowest BCUT2D eigenvalue weighted by Crippen LogP contribution is -2.14. The van der Waals surface area contributed by atoms with Crippen molar-refractivity contribution in [1.82, 2.24) is 29.9 Å². The van der Waals surface area contributed by atoms with Gasteiger partial charge in [-0.1, -0.05) is 129 Å². The fourth-order valence-corrected chi connectivity index (χ4v) is 8.95. The van der Waals surface area contributed by atoms with Crippen molar-refractivity contribution in [3.63, 3.8) is 0 Å². The molecule has 7 nitrogen and oxygen atoms in total. The van der Waals surface area contributed by atoms with Crippen molar-refractivity contribution in [1.29, 1.82) is 0 Å². The molecule has 0 saturated carbocycles. The molecule has 0 radical (unpaired) electrons. The number of hydrogen-bond acceptors (Lipinski definition) is 6. The highest BCUT2D eigenvalue weighted by Gasteiger charge is 2.37. The Balaban J connectivity index is 1.13. The number of benzene rings is 6. The van der Waals surface area contributed by atoms with E-state index in [2.05, 4.69) is 132 Å². The molecule has 10 aromatic rings. The van der Waals surface area contributed by atoms with Crippen LogP contribution >= 0.6 is 0 Å². The van der Waals surface area contributed by atoms with E-state index in [9.17, 15) is 0 Å². The lowest BCUT2D eigenvalue weighted by molar-refractivity contribution is 0.661. The summed E-state index contributed by atoms with van der Waals surface area (Å²) in [6.45, 7) is 12.5. The normalized spacial score (nSPS) is 12.3. The Labute approximate surface area is 377 Å². The molecule has 4 aromatic heterocycles. The van der Waals surface area contributed by atoms with E-state index >= 15 is 0 Å². The third kappa shape index (κ3) is 7.33. The van der Waals surface area contributed by atoms with Crippen LogP contribution in [-0.2, 0) is 5.41 Å². The average Bonchev–Trinajstić information content (AvgIpc) is 3.62. The molecule has 0 atom stereocenters. The summed E-state index contributed by atoms with van der Waals surface area (Å²) in [4.78, 5) is 33.5. The van der Waals surface area contributed by atoms with Crippen LogP contribution in [0.4, 0.5) is 5.69 Å². The number of pyridine rings is 3. The van der Waals surface area contributed by atoms with Crippen LogP contribution in [0.5, 0.6) is 0 Å². The highest BCUT2D eigenvalue weighted by molar-refractivity contribution is 5.92. The predicted octanol–water partition coefficient (Wildman–Crippen LogP) is 14.2. The number of hydrogen-bond donors (Lipinski definition) is 0. The van der Waals surface area contributed by atoms with Crippen LogP contribution in [0.3, 0.4) is 0 Å². The summed E-state index contributed by atoms with van der Waals surface area (Å²) in [6.07, 6.45) is 7.23. The van der Waals surface area contributed by atoms with Crippen molar-refractivity contribution >= 4 is 5.69 Å². The van der Waals surface area contributed by atoms with Crippen molar-refractivity contribution in [2.45, 2.75) is 19.3 Å². The van der Waals surface area contributed by atoms with Gasteiger partial charge in [0.05, 0.1) is 18.0 Å². The van der Waals surface area contributed by atoms with Gasteiger partial charge in [-0.15, -0.1) is 0 Å². The molecule has 0 bridgehead atoms. The van der Waals surface area contributed by atoms with Gasteiger partial charge in [0.15, 0.2) is 23.2 Å². The minimum atomic E-state index is -0.312. The second-order valence-corrected chi connectivity index (χ2v) is 16.7. The van der Waals surface area contributed by atoms with Gasteiger partial charge in [0.25, 0.3) is 0 Å². The summed E-state index contributed by atoms with van der Waals surface area (Å²) in [7, 11) is 0. The van der Waals surface area contributed by atoms with Gasteiger partial charge in [-0.3, -0.25) is 9.97 Å². The van der Waals surface area contributed by atoms with Crippen LogP contribution in [0.2, 0.25) is 0 Å². The van der Waals surface area contributed by atoms with Crippen molar-refractivity contribution in [3.05, 3.63) is 223 Å². The SMILES string of the molecule is [C-]#[N+]c1cccc2c1-c1ccc(-c3cc(-c4cc(-c5cccnc5)nc(-c5cccnc5)c4)cc(-c4nc(-c5ccccc5)nc(-c5ccc(-c6ccccc6)cc5)n4)c3)cc1C2(C)C. The minimum Gasteiger partial charge on any atom is -0.264 e. The van der Waals surface area contributed by atoms with Crippen LogP contribution < -0.4 is 0 Å². The monoisotopic (exact) mass is 833 g/mol. The first-order chi connectivity index (χ1) is 31.9. The smallest absolute Gasteiger partial charge is 0.195 e. The molecule has 0 N–H and O–H groups in total. The molecule has 306 valence electrons. The van der Waals surface area contributed by atoms with E-state index in [1.807, 2.05) is 85.2 Å². The Morgan fingerprint density at radius 2 is 0.877 bits per heavy atom. The van der Waals surface area contributed by atoms with Gasteiger partial charge < -0.3 is 0 Å². The van der Waals surface area contributed by atoms with Gasteiger partial charge in [0, 0.05) is 58.0 Å². The second kappa shape index (κ2) is 16.2. The quantitative estimate of drug-likeness (QED) is 0.142. The van der Waals surface area contributed by atoms with Gasteiger partial charge >= 0.3 is 0 Å². The standard InChI is InChI=1S/C58H39N7/c1-58(2)49-19-10-20-51(59-3)54(49)48-26-25-41(32-50(48)58)44-29-45(46-33-52(42-17-11-27-60-35-42)62-53(34-46)43-18-12-28-61-36-43)31-47(30-44)57-64-55(39-15-8-5-9-16-39)63-56(65-57)40-23-21-38(22-24-40)37-13-6-4-7-14-37/h4-36H,1-2H3. The molecule has 1 aliphatic rings.